The summed E-state index contributed by atoms with van der Waals surface area (Å²) in [5, 5.41) is 3.01. The number of amides is 1. The number of benzene rings is 2. The second-order valence-electron chi connectivity index (χ2n) is 7.64. The van der Waals surface area contributed by atoms with Gasteiger partial charge in [0.25, 0.3) is 5.91 Å². The summed E-state index contributed by atoms with van der Waals surface area (Å²) in [6, 6.07) is 10.1. The van der Waals surface area contributed by atoms with Gasteiger partial charge < -0.3 is 14.8 Å². The molecule has 0 spiro atoms. The summed E-state index contributed by atoms with van der Waals surface area (Å²) in [5.74, 6) is 0.879. The largest absolute Gasteiger partial charge is 0.493 e. The van der Waals surface area contributed by atoms with Crippen LogP contribution in [0.25, 0.3) is 0 Å². The number of nitrogens with one attached hydrogen (secondary N) is 1. The fourth-order valence-electron chi connectivity index (χ4n) is 3.82. The molecule has 31 heavy (non-hydrogen) atoms. The van der Waals surface area contributed by atoms with Gasteiger partial charge in [-0.05, 0) is 61.6 Å². The van der Waals surface area contributed by atoms with E-state index in [0.717, 1.165) is 18.4 Å². The minimum absolute atomic E-state index is 0.196. The Bertz CT molecular complexity index is 1050. The molecule has 1 amide bonds. The minimum atomic E-state index is -3.61. The molecular weight excluding hydrogens is 416 g/mol. The van der Waals surface area contributed by atoms with Crippen LogP contribution in [0, 0.1) is 6.92 Å². The van der Waals surface area contributed by atoms with Crippen molar-refractivity contribution in [2.75, 3.05) is 27.3 Å². The highest BCUT2D eigenvalue weighted by Crippen LogP contribution is 2.31. The number of rotatable bonds is 8. The zero-order valence-electron chi connectivity index (χ0n) is 18.5. The van der Waals surface area contributed by atoms with E-state index in [-0.39, 0.29) is 16.8 Å². The zero-order valence-corrected chi connectivity index (χ0v) is 19.3. The monoisotopic (exact) mass is 446 g/mol. The lowest BCUT2D eigenvalue weighted by Gasteiger charge is -2.20. The first kappa shape index (κ1) is 23.1. The van der Waals surface area contributed by atoms with Crippen LogP contribution in [-0.2, 0) is 10.0 Å². The molecule has 1 heterocycles. The van der Waals surface area contributed by atoms with Crippen LogP contribution in [0.5, 0.6) is 11.5 Å². The van der Waals surface area contributed by atoms with Gasteiger partial charge in [0.15, 0.2) is 11.5 Å². The van der Waals surface area contributed by atoms with Crippen LogP contribution in [-0.4, -0.2) is 45.9 Å². The van der Waals surface area contributed by atoms with E-state index in [4.69, 9.17) is 9.47 Å². The highest BCUT2D eigenvalue weighted by molar-refractivity contribution is 7.89. The van der Waals surface area contributed by atoms with Gasteiger partial charge in [0, 0.05) is 18.7 Å². The van der Waals surface area contributed by atoms with Gasteiger partial charge >= 0.3 is 0 Å². The summed E-state index contributed by atoms with van der Waals surface area (Å²) in [7, 11) is -0.469. The van der Waals surface area contributed by atoms with Crippen molar-refractivity contribution >= 4 is 15.9 Å². The van der Waals surface area contributed by atoms with Crippen LogP contribution in [0.4, 0.5) is 0 Å². The molecule has 0 saturated carbocycles. The number of aryl methyl sites for hydroxylation is 1. The Morgan fingerprint density at radius 2 is 1.74 bits per heavy atom. The van der Waals surface area contributed by atoms with Crippen LogP contribution in [0.1, 0.15) is 53.7 Å². The molecule has 0 bridgehead atoms. The lowest BCUT2D eigenvalue weighted by Crippen LogP contribution is -2.30. The second-order valence-corrected chi connectivity index (χ2v) is 9.55. The predicted octanol–water partition coefficient (Wildman–Crippen LogP) is 3.68. The molecule has 2 aromatic rings. The van der Waals surface area contributed by atoms with Crippen LogP contribution in [0.15, 0.2) is 41.3 Å². The molecular formula is C23H30N2O5S. The van der Waals surface area contributed by atoms with Crippen LogP contribution in [0.3, 0.4) is 0 Å². The van der Waals surface area contributed by atoms with Gasteiger partial charge in [0.1, 0.15) is 0 Å². The van der Waals surface area contributed by atoms with Crippen LogP contribution >= 0.6 is 0 Å². The van der Waals surface area contributed by atoms with Gasteiger partial charge in [-0.2, -0.15) is 4.31 Å². The fraction of sp³-hybridized carbons (Fsp3) is 0.435. The Hall–Kier alpha value is -2.58. The maximum atomic E-state index is 13.0. The van der Waals surface area contributed by atoms with Crippen molar-refractivity contribution in [3.63, 3.8) is 0 Å². The van der Waals surface area contributed by atoms with E-state index in [1.165, 1.54) is 10.4 Å². The van der Waals surface area contributed by atoms with E-state index in [1.807, 2.05) is 19.1 Å². The molecule has 1 atom stereocenters. The van der Waals surface area contributed by atoms with Crippen molar-refractivity contribution in [2.24, 2.45) is 0 Å². The Morgan fingerprint density at radius 3 is 2.35 bits per heavy atom. The maximum Gasteiger partial charge on any atom is 0.251 e. The number of nitrogens with zero attached hydrogens (tertiary/aromatic N) is 1. The first-order valence-corrected chi connectivity index (χ1v) is 11.9. The SMILES string of the molecule is CC[C@@H](NC(=O)c1ccc(C)c(S(=O)(=O)N2CCCC2)c1)c1ccc(OC)c(OC)c1. The fourth-order valence-corrected chi connectivity index (χ4v) is 5.59. The van der Waals surface area contributed by atoms with E-state index in [1.54, 1.807) is 39.3 Å². The number of hydrogen-bond donors (Lipinski definition) is 1. The summed E-state index contributed by atoms with van der Waals surface area (Å²) in [6.45, 7) is 4.77. The topological polar surface area (TPSA) is 84.9 Å². The van der Waals surface area contributed by atoms with Gasteiger partial charge in [-0.15, -0.1) is 0 Å². The van der Waals surface area contributed by atoms with Gasteiger partial charge in [0.2, 0.25) is 10.0 Å². The quantitative estimate of drug-likeness (QED) is 0.669. The third-order valence-electron chi connectivity index (χ3n) is 5.66. The number of sulfonamides is 1. The van der Waals surface area contributed by atoms with Crippen molar-refractivity contribution in [2.45, 2.75) is 44.0 Å². The molecule has 168 valence electrons. The standard InChI is InChI=1S/C23H30N2O5S/c1-5-19(17-10-11-20(29-3)21(14-17)30-4)24-23(26)18-9-8-16(2)22(15-18)31(27,28)25-12-6-7-13-25/h8-11,14-15,19H,5-7,12-13H2,1-4H3,(H,24,26)/t19-/m1/s1. The van der Waals surface area contributed by atoms with Gasteiger partial charge in [-0.25, -0.2) is 8.42 Å². The molecule has 1 N–H and O–H groups in total. The number of hydrogen-bond acceptors (Lipinski definition) is 5. The van der Waals surface area contributed by atoms with Crippen LogP contribution in [0.2, 0.25) is 0 Å². The molecule has 2 aromatic carbocycles. The van der Waals surface area contributed by atoms with Gasteiger partial charge in [-0.3, -0.25) is 4.79 Å². The molecule has 0 aliphatic carbocycles. The van der Waals surface area contributed by atoms with Crippen molar-refractivity contribution in [1.29, 1.82) is 0 Å². The third kappa shape index (κ3) is 4.85. The van der Waals surface area contributed by atoms with E-state index in [0.29, 0.717) is 42.1 Å². The first-order chi connectivity index (χ1) is 14.8. The first-order valence-electron chi connectivity index (χ1n) is 10.5. The zero-order chi connectivity index (χ0) is 22.6. The summed E-state index contributed by atoms with van der Waals surface area (Å²) >= 11 is 0. The van der Waals surface area contributed by atoms with Crippen molar-refractivity contribution in [1.82, 2.24) is 9.62 Å². The average molecular weight is 447 g/mol. The maximum absolute atomic E-state index is 13.0. The smallest absolute Gasteiger partial charge is 0.251 e. The summed E-state index contributed by atoms with van der Waals surface area (Å²) in [4.78, 5) is 13.2. The van der Waals surface area contributed by atoms with E-state index < -0.39 is 10.0 Å². The third-order valence-corrected chi connectivity index (χ3v) is 7.70. The summed E-state index contributed by atoms with van der Waals surface area (Å²) in [6.07, 6.45) is 2.38. The number of methoxy groups -OCH3 is 2. The van der Waals surface area contributed by atoms with Crippen molar-refractivity contribution in [3.05, 3.63) is 53.1 Å². The molecule has 1 aliphatic rings. The molecule has 3 rings (SSSR count). The molecule has 7 nitrogen and oxygen atoms in total. The van der Waals surface area contributed by atoms with E-state index in [2.05, 4.69) is 5.32 Å². The van der Waals surface area contributed by atoms with E-state index in [9.17, 15) is 13.2 Å². The van der Waals surface area contributed by atoms with Gasteiger partial charge in [-0.1, -0.05) is 19.1 Å². The number of carbonyl (C=O) groups is 1. The Morgan fingerprint density at radius 1 is 1.06 bits per heavy atom. The highest BCUT2D eigenvalue weighted by Gasteiger charge is 2.29. The summed E-state index contributed by atoms with van der Waals surface area (Å²) < 4.78 is 38.2. The molecule has 0 unspecified atom stereocenters. The predicted molar refractivity (Wildman–Crippen MR) is 119 cm³/mol. The lowest BCUT2D eigenvalue weighted by atomic mass is 10.0. The van der Waals surface area contributed by atoms with Crippen molar-refractivity contribution < 1.29 is 22.7 Å². The molecule has 0 radical (unpaired) electrons. The van der Waals surface area contributed by atoms with E-state index >= 15 is 0 Å². The Kier molecular flexibility index (Phi) is 7.23. The number of carbonyl (C=O) groups excluding carboxylic acids is 1. The Labute approximate surface area is 184 Å². The molecule has 1 fully saturated rings. The summed E-state index contributed by atoms with van der Waals surface area (Å²) in [5.41, 5.74) is 1.84. The molecule has 0 aromatic heterocycles. The molecule has 8 heteroatoms. The van der Waals surface area contributed by atoms with Crippen molar-refractivity contribution in [3.8, 4) is 11.5 Å². The lowest BCUT2D eigenvalue weighted by molar-refractivity contribution is 0.0935. The van der Waals surface area contributed by atoms with Crippen LogP contribution < -0.4 is 14.8 Å². The minimum Gasteiger partial charge on any atom is -0.493 e. The normalized spacial score (nSPS) is 15.5. The second kappa shape index (κ2) is 9.70. The molecule has 1 aliphatic heterocycles. The number of ether oxygens (including phenoxy) is 2. The molecule has 1 saturated heterocycles. The average Bonchev–Trinajstić information content (AvgIpc) is 3.33. The Balaban J connectivity index is 1.86. The van der Waals surface area contributed by atoms with Gasteiger partial charge in [0.05, 0.1) is 25.2 Å². The highest BCUT2D eigenvalue weighted by atomic mass is 32.2.